The van der Waals surface area contributed by atoms with E-state index in [1.165, 1.54) is 6.07 Å². The number of hydrogen-bond donors (Lipinski definition) is 1. The molecule has 1 aromatic rings. The number of carboxylic acids is 1. The van der Waals surface area contributed by atoms with Crippen molar-refractivity contribution in [3.05, 3.63) is 29.8 Å². The van der Waals surface area contributed by atoms with Gasteiger partial charge in [0.05, 0.1) is 5.92 Å². The number of rotatable bonds is 2. The van der Waals surface area contributed by atoms with E-state index in [0.29, 0.717) is 12.1 Å². The van der Waals surface area contributed by atoms with Crippen LogP contribution in [-0.4, -0.2) is 16.1 Å². The Labute approximate surface area is 74.2 Å². The van der Waals surface area contributed by atoms with E-state index < -0.39 is 11.9 Å². The summed E-state index contributed by atoms with van der Waals surface area (Å²) in [4.78, 5) is 14.1. The van der Waals surface area contributed by atoms with Crippen LogP contribution in [0.15, 0.2) is 18.2 Å². The molecule has 2 atom stereocenters. The van der Waals surface area contributed by atoms with E-state index in [4.69, 9.17) is 5.11 Å². The summed E-state index contributed by atoms with van der Waals surface area (Å²) >= 11 is 0. The van der Waals surface area contributed by atoms with Crippen LogP contribution in [-0.2, 0) is 4.79 Å². The predicted molar refractivity (Wildman–Crippen MR) is 42.7 cm³/mol. The highest BCUT2D eigenvalue weighted by molar-refractivity contribution is 5.75. The third kappa shape index (κ3) is 1.52. The Morgan fingerprint density at radius 3 is 2.92 bits per heavy atom. The minimum Gasteiger partial charge on any atom is -0.481 e. The molecule has 1 fully saturated rings. The van der Waals surface area contributed by atoms with Gasteiger partial charge < -0.3 is 5.11 Å². The van der Waals surface area contributed by atoms with Crippen molar-refractivity contribution in [2.45, 2.75) is 12.3 Å². The topological polar surface area (TPSA) is 50.2 Å². The average molecular weight is 181 g/mol. The Morgan fingerprint density at radius 1 is 1.62 bits per heavy atom. The van der Waals surface area contributed by atoms with Gasteiger partial charge in [-0.15, -0.1) is 0 Å². The molecule has 0 aliphatic heterocycles. The van der Waals surface area contributed by atoms with Crippen LogP contribution < -0.4 is 0 Å². The SMILES string of the molecule is O=C(O)[C@H]1C[C@@H]1c1cccc(F)n1. The largest absolute Gasteiger partial charge is 0.481 e. The van der Waals surface area contributed by atoms with E-state index in [1.54, 1.807) is 12.1 Å². The first-order chi connectivity index (χ1) is 6.18. The van der Waals surface area contributed by atoms with Crippen LogP contribution in [0.25, 0.3) is 0 Å². The zero-order chi connectivity index (χ0) is 9.42. The number of aliphatic carboxylic acids is 1. The lowest BCUT2D eigenvalue weighted by molar-refractivity contribution is -0.138. The molecule has 1 aliphatic rings. The van der Waals surface area contributed by atoms with Crippen molar-refractivity contribution in [3.8, 4) is 0 Å². The molecule has 68 valence electrons. The summed E-state index contributed by atoms with van der Waals surface area (Å²) in [7, 11) is 0. The molecule has 1 heterocycles. The number of nitrogens with zero attached hydrogens (tertiary/aromatic N) is 1. The van der Waals surface area contributed by atoms with Gasteiger partial charge in [-0.05, 0) is 18.6 Å². The highest BCUT2D eigenvalue weighted by Gasteiger charge is 2.45. The van der Waals surface area contributed by atoms with Crippen molar-refractivity contribution in [3.63, 3.8) is 0 Å². The van der Waals surface area contributed by atoms with E-state index in [-0.39, 0.29) is 11.8 Å². The van der Waals surface area contributed by atoms with Crippen molar-refractivity contribution in [2.75, 3.05) is 0 Å². The van der Waals surface area contributed by atoms with Crippen molar-refractivity contribution < 1.29 is 14.3 Å². The van der Waals surface area contributed by atoms with Gasteiger partial charge in [0.15, 0.2) is 0 Å². The molecule has 0 unspecified atom stereocenters. The van der Waals surface area contributed by atoms with Gasteiger partial charge in [-0.1, -0.05) is 6.07 Å². The second kappa shape index (κ2) is 2.80. The van der Waals surface area contributed by atoms with E-state index in [9.17, 15) is 9.18 Å². The minimum atomic E-state index is -0.823. The number of aromatic nitrogens is 1. The van der Waals surface area contributed by atoms with E-state index >= 15 is 0 Å². The molecule has 0 bridgehead atoms. The van der Waals surface area contributed by atoms with Crippen molar-refractivity contribution in [2.24, 2.45) is 5.92 Å². The molecule has 1 aliphatic carbocycles. The maximum absolute atomic E-state index is 12.6. The first-order valence-electron chi connectivity index (χ1n) is 4.04. The lowest BCUT2D eigenvalue weighted by atomic mass is 10.2. The monoisotopic (exact) mass is 181 g/mol. The van der Waals surface area contributed by atoms with Crippen LogP contribution in [0.3, 0.4) is 0 Å². The van der Waals surface area contributed by atoms with Gasteiger partial charge in [0, 0.05) is 11.6 Å². The molecule has 0 spiro atoms. The van der Waals surface area contributed by atoms with Crippen molar-refractivity contribution in [1.82, 2.24) is 4.98 Å². The fourth-order valence-corrected chi connectivity index (χ4v) is 1.43. The van der Waals surface area contributed by atoms with Crippen LogP contribution in [0.1, 0.15) is 18.0 Å². The van der Waals surface area contributed by atoms with Crippen molar-refractivity contribution in [1.29, 1.82) is 0 Å². The third-order valence-corrected chi connectivity index (χ3v) is 2.22. The molecule has 13 heavy (non-hydrogen) atoms. The smallest absolute Gasteiger partial charge is 0.307 e. The molecule has 0 amide bonds. The standard InChI is InChI=1S/C9H8FNO2/c10-8-3-1-2-7(11-8)5-4-6(5)9(12)13/h1-3,5-6H,4H2,(H,12,13)/t5-,6-/m0/s1. The van der Waals surface area contributed by atoms with Crippen LogP contribution in [0.4, 0.5) is 4.39 Å². The highest BCUT2D eigenvalue weighted by atomic mass is 19.1. The third-order valence-electron chi connectivity index (χ3n) is 2.22. The highest BCUT2D eigenvalue weighted by Crippen LogP contribution is 2.46. The van der Waals surface area contributed by atoms with Gasteiger partial charge in [0.25, 0.3) is 0 Å². The molecule has 0 radical (unpaired) electrons. The predicted octanol–water partition coefficient (Wildman–Crippen LogP) is 1.41. The van der Waals surface area contributed by atoms with Crippen molar-refractivity contribution >= 4 is 5.97 Å². The van der Waals surface area contributed by atoms with Crippen LogP contribution >= 0.6 is 0 Å². The number of hydrogen-bond acceptors (Lipinski definition) is 2. The fraction of sp³-hybridized carbons (Fsp3) is 0.333. The molecule has 1 aromatic heterocycles. The number of carbonyl (C=O) groups is 1. The molecule has 0 saturated heterocycles. The molecule has 4 heteroatoms. The Hall–Kier alpha value is -1.45. The number of pyridine rings is 1. The molecule has 0 aromatic carbocycles. The summed E-state index contributed by atoms with van der Waals surface area (Å²) in [5.41, 5.74) is 0.549. The van der Waals surface area contributed by atoms with Crippen LogP contribution in [0, 0.1) is 11.9 Å². The zero-order valence-corrected chi connectivity index (χ0v) is 6.77. The van der Waals surface area contributed by atoms with Gasteiger partial charge in [-0.2, -0.15) is 4.39 Å². The molecule has 3 nitrogen and oxygen atoms in total. The Morgan fingerprint density at radius 2 is 2.38 bits per heavy atom. The maximum atomic E-state index is 12.6. The van der Waals surface area contributed by atoms with Gasteiger partial charge in [0.1, 0.15) is 0 Å². The zero-order valence-electron chi connectivity index (χ0n) is 6.77. The molecule has 1 saturated carbocycles. The molecular formula is C9H8FNO2. The van der Waals surface area contributed by atoms with Crippen LogP contribution in [0.5, 0.6) is 0 Å². The molecular weight excluding hydrogens is 173 g/mol. The summed E-state index contributed by atoms with van der Waals surface area (Å²) in [5.74, 6) is -1.83. The lowest BCUT2D eigenvalue weighted by Gasteiger charge is -1.96. The summed E-state index contributed by atoms with van der Waals surface area (Å²) in [6.45, 7) is 0. The number of halogens is 1. The first kappa shape index (κ1) is 8.16. The second-order valence-corrected chi connectivity index (χ2v) is 3.17. The minimum absolute atomic E-state index is 0.0896. The normalized spacial score (nSPS) is 25.6. The lowest BCUT2D eigenvalue weighted by Crippen LogP contribution is -2.00. The van der Waals surface area contributed by atoms with Gasteiger partial charge in [0.2, 0.25) is 5.95 Å². The second-order valence-electron chi connectivity index (χ2n) is 3.17. The quantitative estimate of drug-likeness (QED) is 0.702. The summed E-state index contributed by atoms with van der Waals surface area (Å²) in [6, 6.07) is 4.47. The maximum Gasteiger partial charge on any atom is 0.307 e. The van der Waals surface area contributed by atoms with Gasteiger partial charge in [-0.25, -0.2) is 4.98 Å². The van der Waals surface area contributed by atoms with Gasteiger partial charge in [-0.3, -0.25) is 4.79 Å². The molecule has 1 N–H and O–H groups in total. The van der Waals surface area contributed by atoms with E-state index in [0.717, 1.165) is 0 Å². The summed E-state index contributed by atoms with van der Waals surface area (Å²) in [6.07, 6.45) is 0.575. The first-order valence-corrected chi connectivity index (χ1v) is 4.04. The van der Waals surface area contributed by atoms with E-state index in [1.807, 2.05) is 0 Å². The Bertz CT molecular complexity index is 353. The van der Waals surface area contributed by atoms with Gasteiger partial charge >= 0.3 is 5.97 Å². The van der Waals surface area contributed by atoms with Crippen LogP contribution in [0.2, 0.25) is 0 Å². The Kier molecular flexibility index (Phi) is 1.76. The number of carboxylic acid groups (broad SMARTS) is 1. The molecule has 2 rings (SSSR count). The average Bonchev–Trinajstić information content (AvgIpc) is 2.82. The summed E-state index contributed by atoms with van der Waals surface area (Å²) in [5, 5.41) is 8.63. The fourth-order valence-electron chi connectivity index (χ4n) is 1.43. The summed E-state index contributed by atoms with van der Waals surface area (Å²) < 4.78 is 12.6. The Balaban J connectivity index is 2.16. The van der Waals surface area contributed by atoms with E-state index in [2.05, 4.69) is 4.98 Å².